The summed E-state index contributed by atoms with van der Waals surface area (Å²) < 4.78 is 10.1. The minimum atomic E-state index is -0.834. The first-order valence-corrected chi connectivity index (χ1v) is 5.78. The molecule has 0 N–H and O–H groups in total. The Morgan fingerprint density at radius 2 is 1.78 bits per heavy atom. The van der Waals surface area contributed by atoms with Gasteiger partial charge in [-0.05, 0) is 19.4 Å². The van der Waals surface area contributed by atoms with Crippen LogP contribution in [0.1, 0.15) is 32.8 Å². The SMILES string of the molecule is CC(=O)OC(C)(C)CC(=O)OCc1ccccc1. The molecule has 4 nitrogen and oxygen atoms in total. The van der Waals surface area contributed by atoms with E-state index >= 15 is 0 Å². The lowest BCUT2D eigenvalue weighted by molar-refractivity contribution is -0.161. The van der Waals surface area contributed by atoms with Gasteiger partial charge in [0.15, 0.2) is 0 Å². The fourth-order valence-electron chi connectivity index (χ4n) is 1.56. The molecule has 0 amide bonds. The Bertz CT molecular complexity index is 409. The topological polar surface area (TPSA) is 52.6 Å². The Labute approximate surface area is 107 Å². The Morgan fingerprint density at radius 3 is 2.33 bits per heavy atom. The number of esters is 2. The number of carbonyl (C=O) groups is 2. The second kappa shape index (κ2) is 6.19. The normalized spacial score (nSPS) is 10.8. The maximum Gasteiger partial charge on any atom is 0.310 e. The lowest BCUT2D eigenvalue weighted by Crippen LogP contribution is -2.30. The van der Waals surface area contributed by atoms with Gasteiger partial charge in [0.1, 0.15) is 12.2 Å². The minimum absolute atomic E-state index is 0.0411. The van der Waals surface area contributed by atoms with Crippen LogP contribution in [0.25, 0.3) is 0 Å². The maximum absolute atomic E-state index is 11.6. The molecule has 98 valence electrons. The van der Waals surface area contributed by atoms with Crippen LogP contribution in [0.4, 0.5) is 0 Å². The molecule has 0 fully saturated rings. The van der Waals surface area contributed by atoms with Crippen LogP contribution in [0.3, 0.4) is 0 Å². The summed E-state index contributed by atoms with van der Waals surface area (Å²) >= 11 is 0. The van der Waals surface area contributed by atoms with Crippen LogP contribution in [-0.4, -0.2) is 17.5 Å². The molecule has 0 atom stereocenters. The summed E-state index contributed by atoms with van der Waals surface area (Å²) in [6, 6.07) is 9.42. The third-order valence-electron chi connectivity index (χ3n) is 2.23. The molecule has 0 heterocycles. The number of rotatable bonds is 5. The lowest BCUT2D eigenvalue weighted by atomic mass is 10.1. The Hall–Kier alpha value is -1.84. The summed E-state index contributed by atoms with van der Waals surface area (Å²) in [7, 11) is 0. The fourth-order valence-corrected chi connectivity index (χ4v) is 1.56. The third-order valence-corrected chi connectivity index (χ3v) is 2.23. The highest BCUT2D eigenvalue weighted by molar-refractivity contribution is 5.72. The summed E-state index contributed by atoms with van der Waals surface area (Å²) in [4.78, 5) is 22.4. The van der Waals surface area contributed by atoms with Gasteiger partial charge in [0.25, 0.3) is 0 Å². The molecular weight excluding hydrogens is 232 g/mol. The minimum Gasteiger partial charge on any atom is -0.461 e. The number of carbonyl (C=O) groups excluding carboxylic acids is 2. The van der Waals surface area contributed by atoms with E-state index in [0.29, 0.717) is 0 Å². The smallest absolute Gasteiger partial charge is 0.310 e. The van der Waals surface area contributed by atoms with Crippen molar-refractivity contribution in [2.24, 2.45) is 0 Å². The zero-order valence-electron chi connectivity index (χ0n) is 10.9. The first-order valence-electron chi connectivity index (χ1n) is 5.78. The van der Waals surface area contributed by atoms with Crippen LogP contribution in [0.15, 0.2) is 30.3 Å². The Morgan fingerprint density at radius 1 is 1.17 bits per heavy atom. The highest BCUT2D eigenvalue weighted by atomic mass is 16.6. The summed E-state index contributed by atoms with van der Waals surface area (Å²) in [5, 5.41) is 0. The molecule has 1 aromatic rings. The number of benzene rings is 1. The lowest BCUT2D eigenvalue weighted by Gasteiger charge is -2.23. The molecule has 1 rings (SSSR count). The molecule has 0 aliphatic rings. The average Bonchev–Trinajstić information content (AvgIpc) is 2.25. The van der Waals surface area contributed by atoms with Crippen molar-refractivity contribution >= 4 is 11.9 Å². The molecule has 0 unspecified atom stereocenters. The van der Waals surface area contributed by atoms with Gasteiger partial charge < -0.3 is 9.47 Å². The molecule has 0 radical (unpaired) electrons. The van der Waals surface area contributed by atoms with Crippen molar-refractivity contribution in [3.05, 3.63) is 35.9 Å². The van der Waals surface area contributed by atoms with Gasteiger partial charge in [-0.25, -0.2) is 0 Å². The van der Waals surface area contributed by atoms with Crippen molar-refractivity contribution in [1.82, 2.24) is 0 Å². The summed E-state index contributed by atoms with van der Waals surface area (Å²) in [6.45, 7) is 4.91. The van der Waals surface area contributed by atoms with Crippen molar-refractivity contribution in [2.45, 2.75) is 39.4 Å². The van der Waals surface area contributed by atoms with Gasteiger partial charge in [0.2, 0.25) is 0 Å². The maximum atomic E-state index is 11.6. The van der Waals surface area contributed by atoms with E-state index in [0.717, 1.165) is 5.56 Å². The van der Waals surface area contributed by atoms with Crippen molar-refractivity contribution in [3.8, 4) is 0 Å². The number of hydrogen-bond acceptors (Lipinski definition) is 4. The molecule has 0 bridgehead atoms. The molecule has 0 saturated heterocycles. The first-order chi connectivity index (χ1) is 8.39. The van der Waals surface area contributed by atoms with Crippen molar-refractivity contribution in [1.29, 1.82) is 0 Å². The highest BCUT2D eigenvalue weighted by Gasteiger charge is 2.25. The van der Waals surface area contributed by atoms with E-state index in [1.807, 2.05) is 30.3 Å². The van der Waals surface area contributed by atoms with Gasteiger partial charge in [-0.1, -0.05) is 30.3 Å². The van der Waals surface area contributed by atoms with Crippen LogP contribution in [-0.2, 0) is 25.7 Å². The van der Waals surface area contributed by atoms with Crippen LogP contribution < -0.4 is 0 Å². The van der Waals surface area contributed by atoms with E-state index in [1.54, 1.807) is 13.8 Å². The van der Waals surface area contributed by atoms with E-state index in [-0.39, 0.29) is 19.0 Å². The second-order valence-electron chi connectivity index (χ2n) is 4.68. The number of ether oxygens (including phenoxy) is 2. The van der Waals surface area contributed by atoms with Gasteiger partial charge in [-0.15, -0.1) is 0 Å². The molecule has 0 saturated carbocycles. The van der Waals surface area contributed by atoms with Gasteiger partial charge >= 0.3 is 11.9 Å². The van der Waals surface area contributed by atoms with Crippen LogP contribution in [0.2, 0.25) is 0 Å². The highest BCUT2D eigenvalue weighted by Crippen LogP contribution is 2.16. The van der Waals surface area contributed by atoms with E-state index in [2.05, 4.69) is 0 Å². The monoisotopic (exact) mass is 250 g/mol. The molecule has 0 aromatic heterocycles. The van der Waals surface area contributed by atoms with Crippen LogP contribution in [0, 0.1) is 0 Å². The molecule has 4 heteroatoms. The Balaban J connectivity index is 2.40. The third kappa shape index (κ3) is 5.48. The average molecular weight is 250 g/mol. The number of hydrogen-bond donors (Lipinski definition) is 0. The molecule has 1 aromatic carbocycles. The predicted molar refractivity (Wildman–Crippen MR) is 66.7 cm³/mol. The zero-order valence-corrected chi connectivity index (χ0v) is 10.9. The summed E-state index contributed by atoms with van der Waals surface area (Å²) in [6.07, 6.45) is 0.0411. The molecule has 0 spiro atoms. The molecule has 18 heavy (non-hydrogen) atoms. The largest absolute Gasteiger partial charge is 0.461 e. The molecular formula is C14H18O4. The van der Waals surface area contributed by atoms with E-state index < -0.39 is 11.6 Å². The quantitative estimate of drug-likeness (QED) is 0.753. The van der Waals surface area contributed by atoms with Gasteiger partial charge in [0, 0.05) is 6.92 Å². The van der Waals surface area contributed by atoms with Crippen LogP contribution >= 0.6 is 0 Å². The summed E-state index contributed by atoms with van der Waals surface area (Å²) in [5.74, 6) is -0.791. The van der Waals surface area contributed by atoms with Gasteiger partial charge in [-0.3, -0.25) is 9.59 Å². The van der Waals surface area contributed by atoms with Crippen molar-refractivity contribution in [2.75, 3.05) is 0 Å². The van der Waals surface area contributed by atoms with E-state index in [1.165, 1.54) is 6.92 Å². The van der Waals surface area contributed by atoms with Gasteiger partial charge in [0.05, 0.1) is 6.42 Å². The van der Waals surface area contributed by atoms with E-state index in [4.69, 9.17) is 9.47 Å². The molecule has 0 aliphatic heterocycles. The Kier molecular flexibility index (Phi) is 4.89. The standard InChI is InChI=1S/C14H18O4/c1-11(15)18-14(2,3)9-13(16)17-10-12-7-5-4-6-8-12/h4-8H,9-10H2,1-3H3. The zero-order chi connectivity index (χ0) is 13.6. The first kappa shape index (κ1) is 14.2. The summed E-state index contributed by atoms with van der Waals surface area (Å²) in [5.41, 5.74) is 0.0933. The van der Waals surface area contributed by atoms with E-state index in [9.17, 15) is 9.59 Å². The van der Waals surface area contributed by atoms with Crippen LogP contribution in [0.5, 0.6) is 0 Å². The van der Waals surface area contributed by atoms with Crippen molar-refractivity contribution < 1.29 is 19.1 Å². The van der Waals surface area contributed by atoms with Crippen molar-refractivity contribution in [3.63, 3.8) is 0 Å². The predicted octanol–water partition coefficient (Wildman–Crippen LogP) is 2.46. The molecule has 0 aliphatic carbocycles. The van der Waals surface area contributed by atoms with Gasteiger partial charge in [-0.2, -0.15) is 0 Å². The fraction of sp³-hybridized carbons (Fsp3) is 0.429. The second-order valence-corrected chi connectivity index (χ2v) is 4.68.